The lowest BCUT2D eigenvalue weighted by atomic mass is 10.1. The number of hydrogen-bond donors (Lipinski definition) is 1. The van der Waals surface area contributed by atoms with Gasteiger partial charge in [0, 0.05) is 49.1 Å². The van der Waals surface area contributed by atoms with Crippen molar-refractivity contribution >= 4 is 27.5 Å². The minimum atomic E-state index is -0.0968. The summed E-state index contributed by atoms with van der Waals surface area (Å²) in [6.45, 7) is 12.4. The van der Waals surface area contributed by atoms with Crippen molar-refractivity contribution < 1.29 is 4.79 Å². The van der Waals surface area contributed by atoms with Crippen molar-refractivity contribution in [1.82, 2.24) is 19.8 Å². The molecule has 2 heterocycles. The maximum Gasteiger partial charge on any atom is 0.262 e. The molecule has 0 bridgehead atoms. The van der Waals surface area contributed by atoms with E-state index in [0.717, 1.165) is 22.5 Å². The second kappa shape index (κ2) is 10.2. The summed E-state index contributed by atoms with van der Waals surface area (Å²) >= 11 is 1.47. The van der Waals surface area contributed by atoms with E-state index in [2.05, 4.69) is 42.9 Å². The maximum atomic E-state index is 13.1. The molecule has 0 atom stereocenters. The van der Waals surface area contributed by atoms with E-state index in [1.54, 1.807) is 10.9 Å². The van der Waals surface area contributed by atoms with Crippen molar-refractivity contribution in [3.63, 3.8) is 0 Å². The third-order valence-electron chi connectivity index (χ3n) is 5.52. The van der Waals surface area contributed by atoms with E-state index in [0.29, 0.717) is 30.6 Å². The first-order valence-corrected chi connectivity index (χ1v) is 11.7. The van der Waals surface area contributed by atoms with Crippen LogP contribution in [0.1, 0.15) is 39.7 Å². The van der Waals surface area contributed by atoms with Gasteiger partial charge in [0.1, 0.15) is 4.83 Å². The summed E-state index contributed by atoms with van der Waals surface area (Å²) in [6.07, 6.45) is 1.80. The number of rotatable bonds is 9. The molecule has 166 valence electrons. The number of hydrogen-bond acceptors (Lipinski definition) is 5. The molecule has 0 aliphatic carbocycles. The number of nitrogens with one attached hydrogen (secondary N) is 1. The Morgan fingerprint density at radius 3 is 2.48 bits per heavy atom. The highest BCUT2D eigenvalue weighted by atomic mass is 32.1. The molecule has 3 aromatic rings. The van der Waals surface area contributed by atoms with E-state index in [9.17, 15) is 9.59 Å². The van der Waals surface area contributed by atoms with Crippen LogP contribution in [0.4, 0.5) is 0 Å². The molecular weight excluding hydrogens is 408 g/mol. The summed E-state index contributed by atoms with van der Waals surface area (Å²) in [5.41, 5.74) is 2.99. The van der Waals surface area contributed by atoms with Crippen LogP contribution in [0.3, 0.4) is 0 Å². The zero-order chi connectivity index (χ0) is 22.5. The molecule has 0 radical (unpaired) electrons. The van der Waals surface area contributed by atoms with Gasteiger partial charge in [0.05, 0.1) is 11.7 Å². The molecule has 2 aromatic heterocycles. The normalized spacial score (nSPS) is 11.7. The fourth-order valence-corrected chi connectivity index (χ4v) is 4.73. The monoisotopic (exact) mass is 440 g/mol. The highest BCUT2D eigenvalue weighted by molar-refractivity contribution is 7.17. The minimum absolute atomic E-state index is 0.0523. The first-order valence-electron chi connectivity index (χ1n) is 10.8. The fourth-order valence-electron chi connectivity index (χ4n) is 3.82. The smallest absolute Gasteiger partial charge is 0.262 e. The van der Waals surface area contributed by atoms with Gasteiger partial charge < -0.3 is 5.32 Å². The molecule has 0 spiro atoms. The van der Waals surface area contributed by atoms with Gasteiger partial charge in [-0.15, -0.1) is 11.3 Å². The van der Waals surface area contributed by atoms with Gasteiger partial charge in [0.2, 0.25) is 5.91 Å². The highest BCUT2D eigenvalue weighted by Crippen LogP contribution is 2.30. The lowest BCUT2D eigenvalue weighted by Gasteiger charge is -2.30. The van der Waals surface area contributed by atoms with Crippen LogP contribution in [0.15, 0.2) is 40.8 Å². The van der Waals surface area contributed by atoms with Gasteiger partial charge >= 0.3 is 0 Å². The second-order valence-corrected chi connectivity index (χ2v) is 9.32. The zero-order valence-electron chi connectivity index (χ0n) is 19.0. The van der Waals surface area contributed by atoms with Crippen LogP contribution in [-0.4, -0.2) is 45.5 Å². The van der Waals surface area contributed by atoms with Gasteiger partial charge in [-0.05, 0) is 40.2 Å². The zero-order valence-corrected chi connectivity index (χ0v) is 19.8. The largest absolute Gasteiger partial charge is 0.355 e. The van der Waals surface area contributed by atoms with Gasteiger partial charge in [-0.1, -0.05) is 29.8 Å². The number of carbonyl (C=O) groups excluding carboxylic acids is 1. The summed E-state index contributed by atoms with van der Waals surface area (Å²) in [7, 11) is 0. The Balaban J connectivity index is 1.66. The molecule has 0 unspecified atom stereocenters. The Labute approximate surface area is 187 Å². The number of carbonyl (C=O) groups is 1. The fraction of sp³-hybridized carbons (Fsp3) is 0.458. The Hall–Kier alpha value is -2.51. The molecule has 6 nitrogen and oxygen atoms in total. The summed E-state index contributed by atoms with van der Waals surface area (Å²) in [5, 5.41) is 5.58. The van der Waals surface area contributed by atoms with Crippen LogP contribution < -0.4 is 10.9 Å². The molecule has 1 amide bonds. The number of amides is 1. The minimum Gasteiger partial charge on any atom is -0.355 e. The summed E-state index contributed by atoms with van der Waals surface area (Å²) in [4.78, 5) is 32.9. The maximum absolute atomic E-state index is 13.1. The Morgan fingerprint density at radius 2 is 1.84 bits per heavy atom. The Bertz CT molecular complexity index is 1080. The van der Waals surface area contributed by atoms with Gasteiger partial charge in [-0.2, -0.15) is 0 Å². The van der Waals surface area contributed by atoms with Crippen LogP contribution >= 0.6 is 11.3 Å². The van der Waals surface area contributed by atoms with Gasteiger partial charge in [-0.25, -0.2) is 4.98 Å². The number of nitrogens with zero attached hydrogens (tertiary/aromatic N) is 3. The van der Waals surface area contributed by atoms with Gasteiger partial charge in [0.25, 0.3) is 5.56 Å². The number of benzene rings is 1. The standard InChI is InChI=1S/C24H32N4O2S/c1-16(2)28(17(3)4)13-11-25-21(29)10-12-27-15-26-23-22(24(27)30)20(14-31-23)19-8-6-18(5)7-9-19/h6-9,14-17H,10-13H2,1-5H3,(H,25,29). The first kappa shape index (κ1) is 23.2. The van der Waals surface area contributed by atoms with Gasteiger partial charge in [-0.3, -0.25) is 19.1 Å². The van der Waals surface area contributed by atoms with E-state index in [1.807, 2.05) is 36.6 Å². The molecule has 31 heavy (non-hydrogen) atoms. The highest BCUT2D eigenvalue weighted by Gasteiger charge is 2.15. The predicted octanol–water partition coefficient (Wildman–Crippen LogP) is 4.06. The summed E-state index contributed by atoms with van der Waals surface area (Å²) in [6, 6.07) is 9.00. The van der Waals surface area contributed by atoms with Crippen molar-refractivity contribution in [3.8, 4) is 11.1 Å². The third-order valence-corrected chi connectivity index (χ3v) is 6.41. The quantitative estimate of drug-likeness (QED) is 0.545. The SMILES string of the molecule is Cc1ccc(-c2csc3ncn(CCC(=O)NCCN(C(C)C)C(C)C)c(=O)c23)cc1. The second-order valence-electron chi connectivity index (χ2n) is 8.46. The predicted molar refractivity (Wildman–Crippen MR) is 129 cm³/mol. The van der Waals surface area contributed by atoms with E-state index in [1.165, 1.54) is 16.9 Å². The number of aryl methyl sites for hydroxylation is 2. The van der Waals surface area contributed by atoms with Crippen molar-refractivity contribution in [2.75, 3.05) is 13.1 Å². The van der Waals surface area contributed by atoms with E-state index in [-0.39, 0.29) is 17.9 Å². The molecule has 0 fully saturated rings. The van der Waals surface area contributed by atoms with Crippen molar-refractivity contribution in [1.29, 1.82) is 0 Å². The average Bonchev–Trinajstić information content (AvgIpc) is 3.15. The van der Waals surface area contributed by atoms with Crippen LogP contribution in [0.25, 0.3) is 21.3 Å². The van der Waals surface area contributed by atoms with Crippen LogP contribution in [0.2, 0.25) is 0 Å². The van der Waals surface area contributed by atoms with Crippen LogP contribution in [-0.2, 0) is 11.3 Å². The summed E-state index contributed by atoms with van der Waals surface area (Å²) in [5.74, 6) is -0.0523. The molecule has 0 saturated heterocycles. The molecule has 0 saturated carbocycles. The molecule has 7 heteroatoms. The van der Waals surface area contributed by atoms with Crippen LogP contribution in [0.5, 0.6) is 0 Å². The molecule has 1 N–H and O–H groups in total. The first-order chi connectivity index (χ1) is 14.8. The summed E-state index contributed by atoms with van der Waals surface area (Å²) < 4.78 is 1.54. The number of thiophene rings is 1. The van der Waals surface area contributed by atoms with Crippen molar-refractivity contribution in [2.45, 2.75) is 59.7 Å². The topological polar surface area (TPSA) is 67.2 Å². The van der Waals surface area contributed by atoms with E-state index >= 15 is 0 Å². The van der Waals surface area contributed by atoms with Crippen molar-refractivity contribution in [3.05, 3.63) is 51.9 Å². The lowest BCUT2D eigenvalue weighted by Crippen LogP contribution is -2.42. The van der Waals surface area contributed by atoms with Crippen LogP contribution in [0, 0.1) is 6.92 Å². The lowest BCUT2D eigenvalue weighted by molar-refractivity contribution is -0.121. The third kappa shape index (κ3) is 5.60. The number of fused-ring (bicyclic) bond motifs is 1. The van der Waals surface area contributed by atoms with E-state index < -0.39 is 0 Å². The molecule has 0 aliphatic heterocycles. The van der Waals surface area contributed by atoms with Crippen molar-refractivity contribution in [2.24, 2.45) is 0 Å². The molecule has 1 aromatic carbocycles. The van der Waals surface area contributed by atoms with E-state index in [4.69, 9.17) is 0 Å². The number of aromatic nitrogens is 2. The van der Waals surface area contributed by atoms with Gasteiger partial charge in [0.15, 0.2) is 0 Å². The molecular formula is C24H32N4O2S. The molecule has 3 rings (SSSR count). The Kier molecular flexibility index (Phi) is 7.62. The molecule has 0 aliphatic rings. The Morgan fingerprint density at radius 1 is 1.16 bits per heavy atom. The average molecular weight is 441 g/mol.